The SMILES string of the molecule is C=CCO[C@@H]1[C@@H](NC(=O)COC)c2ccccc2C12CCNCC2. The number of carbonyl (C=O) groups excluding carboxylic acids is 1. The van der Waals surface area contributed by atoms with Crippen LogP contribution in [0.2, 0.25) is 0 Å². The number of ether oxygens (including phenoxy) is 2. The molecule has 2 N–H and O–H groups in total. The molecular formula is C19H26N2O3. The fraction of sp³-hybridized carbons (Fsp3) is 0.526. The molecule has 5 heteroatoms. The van der Waals surface area contributed by atoms with Gasteiger partial charge in [0.2, 0.25) is 5.91 Å². The molecule has 1 aliphatic heterocycles. The van der Waals surface area contributed by atoms with Gasteiger partial charge >= 0.3 is 0 Å². The molecule has 0 radical (unpaired) electrons. The standard InChI is InChI=1S/C19H26N2O3/c1-3-12-24-18-17(21-16(22)13-23-2)14-6-4-5-7-15(14)19(18)8-10-20-11-9-19/h3-7,17-18,20H,1,8-13H2,2H3,(H,21,22)/t17-,18+/m0/s1. The van der Waals surface area contributed by atoms with E-state index in [0.717, 1.165) is 31.5 Å². The van der Waals surface area contributed by atoms with Gasteiger partial charge < -0.3 is 20.1 Å². The van der Waals surface area contributed by atoms with Crippen LogP contribution in [0.4, 0.5) is 0 Å². The van der Waals surface area contributed by atoms with E-state index in [4.69, 9.17) is 9.47 Å². The molecule has 3 rings (SSSR count). The third-order valence-electron chi connectivity index (χ3n) is 5.16. The number of amides is 1. The molecule has 130 valence electrons. The average Bonchev–Trinajstić information content (AvgIpc) is 2.84. The van der Waals surface area contributed by atoms with Crippen molar-refractivity contribution < 1.29 is 14.3 Å². The lowest BCUT2D eigenvalue weighted by molar-refractivity contribution is -0.127. The Balaban J connectivity index is 1.98. The molecule has 1 aliphatic carbocycles. The summed E-state index contributed by atoms with van der Waals surface area (Å²) in [5.41, 5.74) is 2.41. The van der Waals surface area contributed by atoms with E-state index in [2.05, 4.69) is 35.4 Å². The summed E-state index contributed by atoms with van der Waals surface area (Å²) in [5, 5.41) is 6.56. The molecule has 1 spiro atoms. The van der Waals surface area contributed by atoms with E-state index in [-0.39, 0.29) is 30.1 Å². The smallest absolute Gasteiger partial charge is 0.246 e. The molecule has 2 atom stereocenters. The number of nitrogens with one attached hydrogen (secondary N) is 2. The van der Waals surface area contributed by atoms with Crippen molar-refractivity contribution in [1.29, 1.82) is 0 Å². The van der Waals surface area contributed by atoms with Gasteiger partial charge in [-0.2, -0.15) is 0 Å². The first kappa shape index (κ1) is 17.1. The van der Waals surface area contributed by atoms with Crippen LogP contribution < -0.4 is 10.6 Å². The van der Waals surface area contributed by atoms with Crippen LogP contribution in [0.25, 0.3) is 0 Å². The molecule has 2 aliphatic rings. The van der Waals surface area contributed by atoms with Crippen molar-refractivity contribution in [3.63, 3.8) is 0 Å². The number of piperidine rings is 1. The number of methoxy groups -OCH3 is 1. The van der Waals surface area contributed by atoms with Gasteiger partial charge in [-0.1, -0.05) is 30.3 Å². The monoisotopic (exact) mass is 330 g/mol. The van der Waals surface area contributed by atoms with Crippen molar-refractivity contribution in [3.05, 3.63) is 48.0 Å². The fourth-order valence-electron chi connectivity index (χ4n) is 4.21. The molecule has 1 fully saturated rings. The van der Waals surface area contributed by atoms with Crippen LogP contribution in [0.1, 0.15) is 30.0 Å². The third-order valence-corrected chi connectivity index (χ3v) is 5.16. The molecule has 0 unspecified atom stereocenters. The molecule has 0 aromatic heterocycles. The Bertz CT molecular complexity index is 596. The van der Waals surface area contributed by atoms with Crippen LogP contribution in [-0.4, -0.2) is 45.4 Å². The van der Waals surface area contributed by atoms with Gasteiger partial charge in [0, 0.05) is 12.5 Å². The summed E-state index contributed by atoms with van der Waals surface area (Å²) in [5.74, 6) is -0.115. The quantitative estimate of drug-likeness (QED) is 0.780. The van der Waals surface area contributed by atoms with Crippen molar-refractivity contribution in [3.8, 4) is 0 Å². The van der Waals surface area contributed by atoms with Gasteiger partial charge in [0.15, 0.2) is 0 Å². The molecule has 5 nitrogen and oxygen atoms in total. The maximum absolute atomic E-state index is 12.2. The Morgan fingerprint density at radius 1 is 1.42 bits per heavy atom. The minimum Gasteiger partial charge on any atom is -0.375 e. The van der Waals surface area contributed by atoms with Crippen LogP contribution in [0.15, 0.2) is 36.9 Å². The first-order valence-corrected chi connectivity index (χ1v) is 8.54. The Morgan fingerprint density at radius 2 is 2.17 bits per heavy atom. The lowest BCUT2D eigenvalue weighted by atomic mass is 9.72. The minimum atomic E-state index is -0.151. The molecule has 1 amide bonds. The summed E-state index contributed by atoms with van der Waals surface area (Å²) in [6, 6.07) is 8.24. The maximum Gasteiger partial charge on any atom is 0.246 e. The highest BCUT2D eigenvalue weighted by atomic mass is 16.5. The second-order valence-corrected chi connectivity index (χ2v) is 6.51. The van der Waals surface area contributed by atoms with Crippen LogP contribution in [0.3, 0.4) is 0 Å². The topological polar surface area (TPSA) is 59.6 Å². The Labute approximate surface area is 143 Å². The summed E-state index contributed by atoms with van der Waals surface area (Å²) in [6.07, 6.45) is 3.69. The number of hydrogen-bond donors (Lipinski definition) is 2. The van der Waals surface area contributed by atoms with Crippen LogP contribution >= 0.6 is 0 Å². The highest BCUT2D eigenvalue weighted by molar-refractivity contribution is 5.78. The molecule has 0 saturated carbocycles. The van der Waals surface area contributed by atoms with Gasteiger partial charge in [0.25, 0.3) is 0 Å². The van der Waals surface area contributed by atoms with Gasteiger partial charge in [0.1, 0.15) is 6.61 Å². The van der Waals surface area contributed by atoms with E-state index in [1.54, 1.807) is 6.08 Å². The second kappa shape index (κ2) is 7.47. The highest BCUT2D eigenvalue weighted by Crippen LogP contribution is 2.51. The van der Waals surface area contributed by atoms with E-state index in [9.17, 15) is 4.79 Å². The number of fused-ring (bicyclic) bond motifs is 2. The zero-order valence-corrected chi connectivity index (χ0v) is 14.2. The van der Waals surface area contributed by atoms with E-state index in [1.807, 2.05) is 6.07 Å². The summed E-state index contributed by atoms with van der Waals surface area (Å²) >= 11 is 0. The van der Waals surface area contributed by atoms with Gasteiger partial charge in [-0.15, -0.1) is 6.58 Å². The van der Waals surface area contributed by atoms with Gasteiger partial charge in [0.05, 0.1) is 18.8 Å². The van der Waals surface area contributed by atoms with Crippen LogP contribution in [0.5, 0.6) is 0 Å². The number of hydrogen-bond acceptors (Lipinski definition) is 4. The zero-order chi connectivity index (χ0) is 17.0. The fourth-order valence-corrected chi connectivity index (χ4v) is 4.21. The van der Waals surface area contributed by atoms with Crippen molar-refractivity contribution in [2.24, 2.45) is 0 Å². The van der Waals surface area contributed by atoms with Crippen molar-refractivity contribution in [2.75, 3.05) is 33.4 Å². The molecular weight excluding hydrogens is 304 g/mol. The van der Waals surface area contributed by atoms with Crippen LogP contribution in [-0.2, 0) is 19.7 Å². The molecule has 1 aromatic carbocycles. The normalized spacial score (nSPS) is 24.5. The highest BCUT2D eigenvalue weighted by Gasteiger charge is 2.53. The number of rotatable bonds is 6. The molecule has 1 heterocycles. The lowest BCUT2D eigenvalue weighted by Gasteiger charge is -2.41. The van der Waals surface area contributed by atoms with E-state index in [0.29, 0.717) is 6.61 Å². The predicted octanol–water partition coefficient (Wildman–Crippen LogP) is 1.70. The summed E-state index contributed by atoms with van der Waals surface area (Å²) < 4.78 is 11.2. The average molecular weight is 330 g/mol. The van der Waals surface area contributed by atoms with E-state index in [1.165, 1.54) is 12.7 Å². The summed E-state index contributed by atoms with van der Waals surface area (Å²) in [6.45, 7) is 6.23. The van der Waals surface area contributed by atoms with Crippen molar-refractivity contribution >= 4 is 5.91 Å². The van der Waals surface area contributed by atoms with E-state index >= 15 is 0 Å². The lowest BCUT2D eigenvalue weighted by Crippen LogP contribution is -2.50. The van der Waals surface area contributed by atoms with Gasteiger partial charge in [-0.25, -0.2) is 0 Å². The zero-order valence-electron chi connectivity index (χ0n) is 14.2. The Kier molecular flexibility index (Phi) is 5.33. The minimum absolute atomic E-state index is 0.0569. The Hall–Kier alpha value is -1.69. The third kappa shape index (κ3) is 2.99. The van der Waals surface area contributed by atoms with Gasteiger partial charge in [-0.3, -0.25) is 4.79 Å². The Morgan fingerprint density at radius 3 is 2.88 bits per heavy atom. The van der Waals surface area contributed by atoms with Crippen molar-refractivity contribution in [2.45, 2.75) is 30.4 Å². The van der Waals surface area contributed by atoms with Crippen molar-refractivity contribution in [1.82, 2.24) is 10.6 Å². The summed E-state index contributed by atoms with van der Waals surface area (Å²) in [4.78, 5) is 12.2. The molecule has 24 heavy (non-hydrogen) atoms. The second-order valence-electron chi connectivity index (χ2n) is 6.51. The van der Waals surface area contributed by atoms with Crippen LogP contribution in [0, 0.1) is 0 Å². The van der Waals surface area contributed by atoms with E-state index < -0.39 is 0 Å². The number of carbonyl (C=O) groups is 1. The molecule has 1 saturated heterocycles. The molecule has 1 aromatic rings. The maximum atomic E-state index is 12.2. The predicted molar refractivity (Wildman–Crippen MR) is 92.9 cm³/mol. The first-order valence-electron chi connectivity index (χ1n) is 8.54. The molecule has 0 bridgehead atoms. The number of benzene rings is 1. The summed E-state index contributed by atoms with van der Waals surface area (Å²) in [7, 11) is 1.53. The van der Waals surface area contributed by atoms with Gasteiger partial charge in [-0.05, 0) is 37.1 Å². The first-order chi connectivity index (χ1) is 11.7. The largest absolute Gasteiger partial charge is 0.375 e.